The van der Waals surface area contributed by atoms with Gasteiger partial charge in [-0.1, -0.05) is 36.4 Å². The van der Waals surface area contributed by atoms with Crippen LogP contribution in [0.2, 0.25) is 0 Å². The van der Waals surface area contributed by atoms with Crippen LogP contribution in [0, 0.1) is 0 Å². The summed E-state index contributed by atoms with van der Waals surface area (Å²) in [4.78, 5) is 12.4. The minimum Gasteiger partial charge on any atom is -0.494 e. The summed E-state index contributed by atoms with van der Waals surface area (Å²) in [6.07, 6.45) is 0. The maximum atomic E-state index is 12.4. The minimum absolute atomic E-state index is 0.114. The Bertz CT molecular complexity index is 584. The Kier molecular flexibility index (Phi) is 5.35. The average Bonchev–Trinajstić information content (AvgIpc) is 2.50. The number of amides is 1. The van der Waals surface area contributed by atoms with E-state index in [1.54, 1.807) is 6.07 Å². The summed E-state index contributed by atoms with van der Waals surface area (Å²) in [5.41, 5.74) is 7.38. The Labute approximate surface area is 124 Å². The molecule has 1 unspecified atom stereocenters. The van der Waals surface area contributed by atoms with Crippen LogP contribution >= 0.6 is 0 Å². The molecule has 2 aromatic rings. The molecular weight excluding hydrogens is 264 g/mol. The Morgan fingerprint density at radius 3 is 2.62 bits per heavy atom. The lowest BCUT2D eigenvalue weighted by atomic mass is 9.98. The van der Waals surface area contributed by atoms with Gasteiger partial charge < -0.3 is 15.8 Å². The molecule has 0 heterocycles. The third-order valence-electron chi connectivity index (χ3n) is 3.17. The highest BCUT2D eigenvalue weighted by Crippen LogP contribution is 2.20. The Morgan fingerprint density at radius 2 is 1.95 bits per heavy atom. The molecule has 0 aliphatic rings. The van der Waals surface area contributed by atoms with Gasteiger partial charge in [0.05, 0.1) is 12.5 Å². The van der Waals surface area contributed by atoms with Gasteiger partial charge in [-0.2, -0.15) is 0 Å². The average molecular weight is 284 g/mol. The van der Waals surface area contributed by atoms with Crippen molar-refractivity contribution in [2.75, 3.05) is 18.5 Å². The van der Waals surface area contributed by atoms with Crippen molar-refractivity contribution in [1.82, 2.24) is 0 Å². The van der Waals surface area contributed by atoms with E-state index >= 15 is 0 Å². The van der Waals surface area contributed by atoms with E-state index in [4.69, 9.17) is 10.5 Å². The van der Waals surface area contributed by atoms with Crippen molar-refractivity contribution in [2.24, 2.45) is 5.73 Å². The first-order chi connectivity index (χ1) is 10.2. The minimum atomic E-state index is -0.359. The normalized spacial score (nSPS) is 11.7. The Balaban J connectivity index is 2.11. The predicted molar refractivity (Wildman–Crippen MR) is 84.5 cm³/mol. The molecule has 0 spiro atoms. The lowest BCUT2D eigenvalue weighted by molar-refractivity contribution is -0.117. The molecule has 0 aromatic heterocycles. The van der Waals surface area contributed by atoms with Crippen LogP contribution < -0.4 is 15.8 Å². The summed E-state index contributed by atoms with van der Waals surface area (Å²) in [6, 6.07) is 16.9. The van der Waals surface area contributed by atoms with E-state index in [1.807, 2.05) is 55.5 Å². The quantitative estimate of drug-likeness (QED) is 0.857. The number of carbonyl (C=O) groups is 1. The van der Waals surface area contributed by atoms with Gasteiger partial charge >= 0.3 is 0 Å². The highest BCUT2D eigenvalue weighted by molar-refractivity contribution is 5.96. The van der Waals surface area contributed by atoms with Crippen molar-refractivity contribution in [1.29, 1.82) is 0 Å². The van der Waals surface area contributed by atoms with Gasteiger partial charge in [0, 0.05) is 18.3 Å². The molecule has 2 rings (SSSR count). The molecule has 0 saturated carbocycles. The number of carbonyl (C=O) groups excluding carboxylic acids is 1. The first-order valence-electron chi connectivity index (χ1n) is 7.03. The van der Waals surface area contributed by atoms with Crippen LogP contribution in [0.25, 0.3) is 0 Å². The van der Waals surface area contributed by atoms with Gasteiger partial charge in [0.1, 0.15) is 5.75 Å². The molecule has 0 aliphatic heterocycles. The number of rotatable bonds is 6. The van der Waals surface area contributed by atoms with Crippen molar-refractivity contribution in [2.45, 2.75) is 12.8 Å². The molecule has 0 fully saturated rings. The smallest absolute Gasteiger partial charge is 0.233 e. The van der Waals surface area contributed by atoms with Gasteiger partial charge in [-0.25, -0.2) is 0 Å². The van der Waals surface area contributed by atoms with Gasteiger partial charge in [-0.15, -0.1) is 0 Å². The van der Waals surface area contributed by atoms with Crippen LogP contribution in [0.4, 0.5) is 5.69 Å². The second kappa shape index (κ2) is 7.45. The van der Waals surface area contributed by atoms with Gasteiger partial charge in [0.15, 0.2) is 0 Å². The molecule has 3 N–H and O–H groups in total. The molecule has 4 heteroatoms. The summed E-state index contributed by atoms with van der Waals surface area (Å²) in [7, 11) is 0. The van der Waals surface area contributed by atoms with Crippen molar-refractivity contribution < 1.29 is 9.53 Å². The van der Waals surface area contributed by atoms with Gasteiger partial charge in [-0.05, 0) is 24.6 Å². The van der Waals surface area contributed by atoms with E-state index in [-0.39, 0.29) is 18.4 Å². The van der Waals surface area contributed by atoms with E-state index < -0.39 is 0 Å². The SMILES string of the molecule is CCOc1cccc(NC(=O)C(CN)c2ccccc2)c1. The summed E-state index contributed by atoms with van der Waals surface area (Å²) in [5, 5.41) is 2.89. The number of benzene rings is 2. The summed E-state index contributed by atoms with van der Waals surface area (Å²) in [5.74, 6) is 0.263. The standard InChI is InChI=1S/C17H20N2O2/c1-2-21-15-10-6-9-14(11-15)19-17(20)16(12-18)13-7-4-3-5-8-13/h3-11,16H,2,12,18H2,1H3,(H,19,20). The number of nitrogens with two attached hydrogens (primary N) is 1. The number of anilines is 1. The third-order valence-corrected chi connectivity index (χ3v) is 3.17. The van der Waals surface area contributed by atoms with Crippen LogP contribution in [0.5, 0.6) is 5.75 Å². The van der Waals surface area contributed by atoms with Crippen molar-refractivity contribution >= 4 is 11.6 Å². The zero-order valence-corrected chi connectivity index (χ0v) is 12.1. The predicted octanol–water partition coefficient (Wildman–Crippen LogP) is 2.77. The summed E-state index contributed by atoms with van der Waals surface area (Å²) >= 11 is 0. The van der Waals surface area contributed by atoms with E-state index in [9.17, 15) is 4.79 Å². The Hall–Kier alpha value is -2.33. The zero-order valence-electron chi connectivity index (χ0n) is 12.1. The van der Waals surface area contributed by atoms with E-state index in [0.717, 1.165) is 11.3 Å². The lowest BCUT2D eigenvalue weighted by Gasteiger charge is -2.15. The van der Waals surface area contributed by atoms with Gasteiger partial charge in [0.25, 0.3) is 0 Å². The highest BCUT2D eigenvalue weighted by atomic mass is 16.5. The van der Waals surface area contributed by atoms with Crippen molar-refractivity contribution in [3.8, 4) is 5.75 Å². The number of hydrogen-bond donors (Lipinski definition) is 2. The fourth-order valence-electron chi connectivity index (χ4n) is 2.14. The van der Waals surface area contributed by atoms with Crippen LogP contribution in [0.1, 0.15) is 18.4 Å². The molecular formula is C17H20N2O2. The molecule has 110 valence electrons. The monoisotopic (exact) mass is 284 g/mol. The maximum absolute atomic E-state index is 12.4. The first-order valence-corrected chi connectivity index (χ1v) is 7.03. The van der Waals surface area contributed by atoms with Gasteiger partial charge in [0.2, 0.25) is 5.91 Å². The van der Waals surface area contributed by atoms with Crippen LogP contribution in [0.3, 0.4) is 0 Å². The van der Waals surface area contributed by atoms with Gasteiger partial charge in [-0.3, -0.25) is 4.79 Å². The number of nitrogens with one attached hydrogen (secondary N) is 1. The first kappa shape index (κ1) is 15.1. The molecule has 0 bridgehead atoms. The second-order valence-electron chi connectivity index (χ2n) is 4.65. The van der Waals surface area contributed by atoms with Crippen LogP contribution in [-0.4, -0.2) is 19.1 Å². The zero-order chi connectivity index (χ0) is 15.1. The number of ether oxygens (including phenoxy) is 1. The van der Waals surface area contributed by atoms with Crippen molar-refractivity contribution in [3.63, 3.8) is 0 Å². The lowest BCUT2D eigenvalue weighted by Crippen LogP contribution is -2.27. The van der Waals surface area contributed by atoms with E-state index in [0.29, 0.717) is 12.3 Å². The Morgan fingerprint density at radius 1 is 1.19 bits per heavy atom. The maximum Gasteiger partial charge on any atom is 0.233 e. The molecule has 0 saturated heterocycles. The molecule has 1 amide bonds. The van der Waals surface area contributed by atoms with Crippen LogP contribution in [0.15, 0.2) is 54.6 Å². The van der Waals surface area contributed by atoms with E-state index in [2.05, 4.69) is 5.32 Å². The summed E-state index contributed by atoms with van der Waals surface area (Å²) < 4.78 is 5.42. The van der Waals surface area contributed by atoms with Crippen LogP contribution in [-0.2, 0) is 4.79 Å². The molecule has 2 aromatic carbocycles. The van der Waals surface area contributed by atoms with E-state index in [1.165, 1.54) is 0 Å². The molecule has 21 heavy (non-hydrogen) atoms. The number of hydrogen-bond acceptors (Lipinski definition) is 3. The molecule has 0 radical (unpaired) electrons. The topological polar surface area (TPSA) is 64.3 Å². The van der Waals surface area contributed by atoms with Crippen molar-refractivity contribution in [3.05, 3.63) is 60.2 Å². The third kappa shape index (κ3) is 4.07. The fourth-order valence-corrected chi connectivity index (χ4v) is 2.14. The fraction of sp³-hybridized carbons (Fsp3) is 0.235. The molecule has 1 atom stereocenters. The largest absolute Gasteiger partial charge is 0.494 e. The second-order valence-corrected chi connectivity index (χ2v) is 4.65. The highest BCUT2D eigenvalue weighted by Gasteiger charge is 2.18. The summed E-state index contributed by atoms with van der Waals surface area (Å²) in [6.45, 7) is 2.78. The molecule has 4 nitrogen and oxygen atoms in total. The molecule has 0 aliphatic carbocycles.